The molecule has 0 spiro atoms. The van der Waals surface area contributed by atoms with Gasteiger partial charge in [0.05, 0.1) is 6.10 Å². The summed E-state index contributed by atoms with van der Waals surface area (Å²) in [5, 5.41) is 13.1. The van der Waals surface area contributed by atoms with Crippen molar-refractivity contribution in [2.75, 3.05) is 6.54 Å². The lowest BCUT2D eigenvalue weighted by atomic mass is 10.1. The lowest BCUT2D eigenvalue weighted by Crippen LogP contribution is -2.30. The average Bonchev–Trinajstić information content (AvgIpc) is 2.26. The zero-order valence-corrected chi connectivity index (χ0v) is 9.91. The van der Waals surface area contributed by atoms with Gasteiger partial charge in [-0.25, -0.2) is 4.39 Å². The Morgan fingerprint density at radius 2 is 2.19 bits per heavy atom. The van der Waals surface area contributed by atoms with Gasteiger partial charge in [-0.15, -0.1) is 0 Å². The number of hydrogen-bond donors (Lipinski definition) is 2. The highest BCUT2D eigenvalue weighted by Gasteiger charge is 2.09. The van der Waals surface area contributed by atoms with Gasteiger partial charge in [-0.1, -0.05) is 25.5 Å². The van der Waals surface area contributed by atoms with Gasteiger partial charge >= 0.3 is 0 Å². The number of aliphatic hydroxyl groups excluding tert-OH is 1. The number of halogens is 1. The Morgan fingerprint density at radius 1 is 1.44 bits per heavy atom. The molecular weight excluding hydrogens is 205 g/mol. The highest BCUT2D eigenvalue weighted by molar-refractivity contribution is 5.18. The van der Waals surface area contributed by atoms with E-state index in [0.717, 1.165) is 12.8 Å². The summed E-state index contributed by atoms with van der Waals surface area (Å²) < 4.78 is 12.9. The van der Waals surface area contributed by atoms with E-state index in [1.165, 1.54) is 12.1 Å². The van der Waals surface area contributed by atoms with E-state index in [9.17, 15) is 9.50 Å². The summed E-state index contributed by atoms with van der Waals surface area (Å²) in [6, 6.07) is 6.48. The minimum absolute atomic E-state index is 0.307. The third-order valence-electron chi connectivity index (χ3n) is 2.61. The summed E-state index contributed by atoms with van der Waals surface area (Å²) in [5.41, 5.74) is 0.621. The average molecular weight is 225 g/mol. The van der Waals surface area contributed by atoms with Crippen LogP contribution in [0.3, 0.4) is 0 Å². The van der Waals surface area contributed by atoms with Gasteiger partial charge < -0.3 is 10.4 Å². The molecule has 0 aliphatic rings. The number of hydrogen-bond acceptors (Lipinski definition) is 2. The fourth-order valence-corrected chi connectivity index (χ4v) is 1.68. The Morgan fingerprint density at radius 3 is 2.81 bits per heavy atom. The highest BCUT2D eigenvalue weighted by Crippen LogP contribution is 2.13. The number of nitrogens with one attached hydrogen (secondary N) is 1. The third-order valence-corrected chi connectivity index (χ3v) is 2.61. The summed E-state index contributed by atoms with van der Waals surface area (Å²) in [7, 11) is 0. The smallest absolute Gasteiger partial charge is 0.123 e. The molecule has 0 saturated carbocycles. The number of benzene rings is 1. The molecule has 0 bridgehead atoms. The van der Waals surface area contributed by atoms with Gasteiger partial charge in [0.2, 0.25) is 0 Å². The Hall–Kier alpha value is -0.930. The molecule has 90 valence electrons. The minimum atomic E-state index is -0.644. The van der Waals surface area contributed by atoms with Crippen molar-refractivity contribution in [2.45, 2.75) is 38.8 Å². The molecule has 0 heterocycles. The zero-order chi connectivity index (χ0) is 12.0. The Kier molecular flexibility index (Phi) is 5.43. The first kappa shape index (κ1) is 13.1. The molecular formula is C13H20FNO. The zero-order valence-electron chi connectivity index (χ0n) is 9.91. The van der Waals surface area contributed by atoms with Crippen molar-refractivity contribution in [2.24, 2.45) is 0 Å². The normalized spacial score (nSPS) is 14.8. The summed E-state index contributed by atoms with van der Waals surface area (Å²) in [5.74, 6) is -0.307. The molecule has 2 nitrogen and oxygen atoms in total. The van der Waals surface area contributed by atoms with Gasteiger partial charge in [0.25, 0.3) is 0 Å². The maximum absolute atomic E-state index is 12.9. The molecule has 1 aromatic carbocycles. The Balaban J connectivity index is 2.43. The Bertz CT molecular complexity index is 317. The largest absolute Gasteiger partial charge is 0.387 e. The molecule has 2 N–H and O–H groups in total. The maximum Gasteiger partial charge on any atom is 0.123 e. The van der Waals surface area contributed by atoms with Crippen LogP contribution in [-0.4, -0.2) is 17.7 Å². The predicted molar refractivity (Wildman–Crippen MR) is 63.7 cm³/mol. The van der Waals surface area contributed by atoms with Crippen LogP contribution in [0.5, 0.6) is 0 Å². The van der Waals surface area contributed by atoms with E-state index in [0.29, 0.717) is 18.2 Å². The summed E-state index contributed by atoms with van der Waals surface area (Å²) in [6.07, 6.45) is 1.55. The molecule has 0 aromatic heterocycles. The van der Waals surface area contributed by atoms with E-state index >= 15 is 0 Å². The van der Waals surface area contributed by atoms with Crippen molar-refractivity contribution in [3.63, 3.8) is 0 Å². The molecule has 1 rings (SSSR count). The molecule has 0 aliphatic carbocycles. The van der Waals surface area contributed by atoms with Crippen LogP contribution in [0, 0.1) is 5.82 Å². The lowest BCUT2D eigenvalue weighted by Gasteiger charge is -2.16. The molecule has 16 heavy (non-hydrogen) atoms. The molecule has 1 unspecified atom stereocenters. The molecule has 0 fully saturated rings. The van der Waals surface area contributed by atoms with Crippen LogP contribution >= 0.6 is 0 Å². The van der Waals surface area contributed by atoms with Crippen molar-refractivity contribution in [1.82, 2.24) is 5.32 Å². The van der Waals surface area contributed by atoms with E-state index in [1.54, 1.807) is 12.1 Å². The van der Waals surface area contributed by atoms with Crippen molar-refractivity contribution in [3.8, 4) is 0 Å². The second-order valence-corrected chi connectivity index (χ2v) is 4.17. The Labute approximate surface area is 96.5 Å². The van der Waals surface area contributed by atoms with Gasteiger partial charge in [-0.05, 0) is 31.0 Å². The van der Waals surface area contributed by atoms with Crippen molar-refractivity contribution >= 4 is 0 Å². The van der Waals surface area contributed by atoms with E-state index < -0.39 is 6.10 Å². The van der Waals surface area contributed by atoms with Gasteiger partial charge in [0, 0.05) is 12.6 Å². The second kappa shape index (κ2) is 6.61. The van der Waals surface area contributed by atoms with Gasteiger partial charge in [0.1, 0.15) is 5.82 Å². The minimum Gasteiger partial charge on any atom is -0.387 e. The molecule has 1 aromatic rings. The maximum atomic E-state index is 12.9. The fraction of sp³-hybridized carbons (Fsp3) is 0.538. The van der Waals surface area contributed by atoms with Crippen LogP contribution in [0.25, 0.3) is 0 Å². The number of aliphatic hydroxyl groups is 1. The first-order valence-corrected chi connectivity index (χ1v) is 5.80. The van der Waals surface area contributed by atoms with Crippen LogP contribution in [0.2, 0.25) is 0 Å². The SMILES string of the molecule is CCC[C@H](C)NCC(O)c1cccc(F)c1. The standard InChI is InChI=1S/C13H20FNO/c1-3-5-10(2)15-9-13(16)11-6-4-7-12(14)8-11/h4,6-8,10,13,15-16H,3,5,9H2,1-2H3/t10-,13?/m0/s1. The first-order valence-electron chi connectivity index (χ1n) is 5.80. The second-order valence-electron chi connectivity index (χ2n) is 4.17. The molecule has 3 heteroatoms. The fourth-order valence-electron chi connectivity index (χ4n) is 1.68. The predicted octanol–water partition coefficient (Wildman–Crippen LogP) is 2.64. The highest BCUT2D eigenvalue weighted by atomic mass is 19.1. The monoisotopic (exact) mass is 225 g/mol. The van der Waals surface area contributed by atoms with Crippen molar-refractivity contribution in [3.05, 3.63) is 35.6 Å². The van der Waals surface area contributed by atoms with Crippen LogP contribution < -0.4 is 5.32 Å². The molecule has 0 aliphatic heterocycles. The van der Waals surface area contributed by atoms with Gasteiger partial charge in [-0.2, -0.15) is 0 Å². The van der Waals surface area contributed by atoms with E-state index in [4.69, 9.17) is 0 Å². The lowest BCUT2D eigenvalue weighted by molar-refractivity contribution is 0.169. The molecule has 0 saturated heterocycles. The molecule has 0 amide bonds. The third kappa shape index (κ3) is 4.29. The van der Waals surface area contributed by atoms with Gasteiger partial charge in [-0.3, -0.25) is 0 Å². The van der Waals surface area contributed by atoms with Crippen molar-refractivity contribution in [1.29, 1.82) is 0 Å². The van der Waals surface area contributed by atoms with E-state index in [-0.39, 0.29) is 5.82 Å². The van der Waals surface area contributed by atoms with Crippen LogP contribution in [0.15, 0.2) is 24.3 Å². The number of rotatable bonds is 6. The van der Waals surface area contributed by atoms with Crippen LogP contribution in [0.4, 0.5) is 4.39 Å². The van der Waals surface area contributed by atoms with E-state index in [2.05, 4.69) is 19.2 Å². The van der Waals surface area contributed by atoms with Crippen LogP contribution in [-0.2, 0) is 0 Å². The summed E-state index contributed by atoms with van der Waals surface area (Å²) >= 11 is 0. The molecule has 0 radical (unpaired) electrons. The van der Waals surface area contributed by atoms with Crippen molar-refractivity contribution < 1.29 is 9.50 Å². The summed E-state index contributed by atoms with van der Waals surface area (Å²) in [4.78, 5) is 0. The summed E-state index contributed by atoms with van der Waals surface area (Å²) in [6.45, 7) is 4.67. The topological polar surface area (TPSA) is 32.3 Å². The van der Waals surface area contributed by atoms with Gasteiger partial charge in [0.15, 0.2) is 0 Å². The first-order chi connectivity index (χ1) is 7.63. The molecule has 2 atom stereocenters. The van der Waals surface area contributed by atoms with Crippen LogP contribution in [0.1, 0.15) is 38.4 Å². The quantitative estimate of drug-likeness (QED) is 0.780. The van der Waals surface area contributed by atoms with E-state index in [1.807, 2.05) is 0 Å².